The van der Waals surface area contributed by atoms with Gasteiger partial charge in [0.15, 0.2) is 0 Å². The van der Waals surface area contributed by atoms with Gasteiger partial charge in [-0.3, -0.25) is 0 Å². The Bertz CT molecular complexity index is 170. The summed E-state index contributed by atoms with van der Waals surface area (Å²) in [5.74, 6) is 0.513. The lowest BCUT2D eigenvalue weighted by atomic mass is 9.66. The fourth-order valence-corrected chi connectivity index (χ4v) is 2.82. The predicted molar refractivity (Wildman–Crippen MR) is 61.3 cm³/mol. The van der Waals surface area contributed by atoms with E-state index in [9.17, 15) is 5.11 Å². The van der Waals surface area contributed by atoms with Crippen LogP contribution in [0.3, 0.4) is 0 Å². The molecule has 84 valence electrons. The van der Waals surface area contributed by atoms with Crippen molar-refractivity contribution in [2.24, 2.45) is 11.3 Å². The maximum atomic E-state index is 10.6. The zero-order chi connectivity index (χ0) is 10.8. The van der Waals surface area contributed by atoms with Gasteiger partial charge in [-0.15, -0.1) is 0 Å². The minimum atomic E-state index is -0.348. The first kappa shape index (κ1) is 12.0. The summed E-state index contributed by atoms with van der Waals surface area (Å²) in [4.78, 5) is 0. The minimum absolute atomic E-state index is 0.348. The molecule has 0 unspecified atom stereocenters. The second kappa shape index (κ2) is 4.22. The molecule has 1 N–H and O–H groups in total. The summed E-state index contributed by atoms with van der Waals surface area (Å²) in [7, 11) is 0. The summed E-state index contributed by atoms with van der Waals surface area (Å²) in [6, 6.07) is 0. The van der Waals surface area contributed by atoms with Crippen LogP contribution in [0.1, 0.15) is 66.2 Å². The average molecular weight is 198 g/mol. The standard InChI is InChI=1S/C13H26O/c1-5-11(6-2)13(14)9-7-12(3,4)8-10-13/h11,14H,5-10H2,1-4H3. The Kier molecular flexibility index (Phi) is 3.63. The van der Waals surface area contributed by atoms with Gasteiger partial charge in [0.2, 0.25) is 0 Å². The third-order valence-corrected chi connectivity index (χ3v) is 4.21. The van der Waals surface area contributed by atoms with Crippen LogP contribution in [0.15, 0.2) is 0 Å². The molecule has 0 spiro atoms. The first-order valence-electron chi connectivity index (χ1n) is 6.16. The molecule has 1 fully saturated rings. The van der Waals surface area contributed by atoms with Gasteiger partial charge >= 0.3 is 0 Å². The molecule has 1 heteroatoms. The molecular formula is C13H26O. The van der Waals surface area contributed by atoms with Gasteiger partial charge in [0.1, 0.15) is 0 Å². The Labute approximate surface area is 88.9 Å². The number of aliphatic hydroxyl groups is 1. The lowest BCUT2D eigenvalue weighted by Gasteiger charge is -2.44. The molecule has 0 aromatic rings. The molecule has 0 aromatic carbocycles. The fraction of sp³-hybridized carbons (Fsp3) is 1.00. The molecule has 0 bridgehead atoms. The summed E-state index contributed by atoms with van der Waals surface area (Å²) < 4.78 is 0. The SMILES string of the molecule is CCC(CC)C1(O)CCC(C)(C)CC1. The average Bonchev–Trinajstić information content (AvgIpc) is 2.13. The van der Waals surface area contributed by atoms with Gasteiger partial charge < -0.3 is 5.11 Å². The maximum absolute atomic E-state index is 10.6. The molecule has 0 aliphatic heterocycles. The van der Waals surface area contributed by atoms with Crippen LogP contribution in [0, 0.1) is 11.3 Å². The molecule has 1 rings (SSSR count). The summed E-state index contributed by atoms with van der Waals surface area (Å²) in [5.41, 5.74) is 0.108. The molecule has 0 heterocycles. The van der Waals surface area contributed by atoms with Crippen molar-refractivity contribution in [3.8, 4) is 0 Å². The predicted octanol–water partition coefficient (Wildman–Crippen LogP) is 3.75. The summed E-state index contributed by atoms with van der Waals surface area (Å²) in [5, 5.41) is 10.6. The quantitative estimate of drug-likeness (QED) is 0.732. The highest BCUT2D eigenvalue weighted by atomic mass is 16.3. The second-order valence-electron chi connectivity index (χ2n) is 5.78. The van der Waals surface area contributed by atoms with E-state index in [0.717, 1.165) is 25.7 Å². The van der Waals surface area contributed by atoms with E-state index in [4.69, 9.17) is 0 Å². The lowest BCUT2D eigenvalue weighted by molar-refractivity contribution is -0.0738. The highest BCUT2D eigenvalue weighted by Crippen LogP contribution is 2.44. The Morgan fingerprint density at radius 2 is 1.43 bits per heavy atom. The molecule has 0 radical (unpaired) electrons. The van der Waals surface area contributed by atoms with Crippen molar-refractivity contribution in [1.82, 2.24) is 0 Å². The van der Waals surface area contributed by atoms with Crippen LogP contribution in [-0.4, -0.2) is 10.7 Å². The summed E-state index contributed by atoms with van der Waals surface area (Å²) >= 11 is 0. The molecule has 1 saturated carbocycles. The number of hydrogen-bond acceptors (Lipinski definition) is 1. The Hall–Kier alpha value is -0.0400. The van der Waals surface area contributed by atoms with E-state index in [0.29, 0.717) is 11.3 Å². The van der Waals surface area contributed by atoms with Gasteiger partial charge in [-0.05, 0) is 37.0 Å². The topological polar surface area (TPSA) is 20.2 Å². The first-order valence-corrected chi connectivity index (χ1v) is 6.16. The van der Waals surface area contributed by atoms with E-state index in [2.05, 4.69) is 27.7 Å². The van der Waals surface area contributed by atoms with Gasteiger partial charge in [-0.1, -0.05) is 40.5 Å². The van der Waals surface area contributed by atoms with Crippen LogP contribution in [0.5, 0.6) is 0 Å². The van der Waals surface area contributed by atoms with Crippen LogP contribution in [-0.2, 0) is 0 Å². The Morgan fingerprint density at radius 3 is 1.79 bits per heavy atom. The van der Waals surface area contributed by atoms with Crippen molar-refractivity contribution in [3.05, 3.63) is 0 Å². The third kappa shape index (κ3) is 2.50. The molecule has 1 nitrogen and oxygen atoms in total. The van der Waals surface area contributed by atoms with Crippen molar-refractivity contribution in [2.45, 2.75) is 71.8 Å². The second-order valence-corrected chi connectivity index (χ2v) is 5.78. The van der Waals surface area contributed by atoms with Crippen LogP contribution >= 0.6 is 0 Å². The molecule has 0 aromatic heterocycles. The van der Waals surface area contributed by atoms with E-state index in [1.807, 2.05) is 0 Å². The van der Waals surface area contributed by atoms with Gasteiger partial charge in [0.05, 0.1) is 5.60 Å². The highest BCUT2D eigenvalue weighted by Gasteiger charge is 2.40. The van der Waals surface area contributed by atoms with Crippen LogP contribution < -0.4 is 0 Å². The van der Waals surface area contributed by atoms with Crippen molar-refractivity contribution < 1.29 is 5.11 Å². The van der Waals surface area contributed by atoms with Gasteiger partial charge in [0.25, 0.3) is 0 Å². The van der Waals surface area contributed by atoms with Crippen molar-refractivity contribution in [1.29, 1.82) is 0 Å². The van der Waals surface area contributed by atoms with Crippen molar-refractivity contribution in [3.63, 3.8) is 0 Å². The summed E-state index contributed by atoms with van der Waals surface area (Å²) in [6.07, 6.45) is 6.61. The van der Waals surface area contributed by atoms with E-state index in [1.165, 1.54) is 12.8 Å². The molecule has 0 atom stereocenters. The Morgan fingerprint density at radius 1 is 1.00 bits per heavy atom. The molecule has 14 heavy (non-hydrogen) atoms. The third-order valence-electron chi connectivity index (χ3n) is 4.21. The zero-order valence-electron chi connectivity index (χ0n) is 10.3. The van der Waals surface area contributed by atoms with E-state index >= 15 is 0 Å². The van der Waals surface area contributed by atoms with E-state index < -0.39 is 0 Å². The summed E-state index contributed by atoms with van der Waals surface area (Å²) in [6.45, 7) is 9.04. The number of rotatable bonds is 3. The zero-order valence-corrected chi connectivity index (χ0v) is 10.3. The largest absolute Gasteiger partial charge is 0.390 e. The molecular weight excluding hydrogens is 172 g/mol. The van der Waals surface area contributed by atoms with Gasteiger partial charge in [0, 0.05) is 0 Å². The monoisotopic (exact) mass is 198 g/mol. The highest BCUT2D eigenvalue weighted by molar-refractivity contribution is 4.92. The molecule has 1 aliphatic carbocycles. The fourth-order valence-electron chi connectivity index (χ4n) is 2.82. The van der Waals surface area contributed by atoms with E-state index in [1.54, 1.807) is 0 Å². The van der Waals surface area contributed by atoms with Crippen molar-refractivity contribution >= 4 is 0 Å². The van der Waals surface area contributed by atoms with Crippen LogP contribution in [0.2, 0.25) is 0 Å². The minimum Gasteiger partial charge on any atom is -0.390 e. The molecule has 0 saturated heterocycles. The maximum Gasteiger partial charge on any atom is 0.0676 e. The Balaban J connectivity index is 2.60. The van der Waals surface area contributed by atoms with E-state index in [-0.39, 0.29) is 5.60 Å². The lowest BCUT2D eigenvalue weighted by Crippen LogP contribution is -2.42. The van der Waals surface area contributed by atoms with Gasteiger partial charge in [-0.25, -0.2) is 0 Å². The van der Waals surface area contributed by atoms with Gasteiger partial charge in [-0.2, -0.15) is 0 Å². The normalized spacial score (nSPS) is 25.3. The van der Waals surface area contributed by atoms with Crippen molar-refractivity contribution in [2.75, 3.05) is 0 Å². The molecule has 1 aliphatic rings. The van der Waals surface area contributed by atoms with Crippen LogP contribution in [0.25, 0.3) is 0 Å². The smallest absolute Gasteiger partial charge is 0.0676 e. The van der Waals surface area contributed by atoms with Crippen LogP contribution in [0.4, 0.5) is 0 Å². The number of hydrogen-bond donors (Lipinski definition) is 1. The first-order chi connectivity index (χ1) is 6.43. The molecule has 0 amide bonds.